The average molecular weight is 370 g/mol. The van der Waals surface area contributed by atoms with Crippen LogP contribution in [-0.2, 0) is 4.79 Å². The van der Waals surface area contributed by atoms with Crippen molar-refractivity contribution in [3.63, 3.8) is 0 Å². The number of hydrogen-bond donors (Lipinski definition) is 3. The van der Waals surface area contributed by atoms with Gasteiger partial charge in [-0.2, -0.15) is 0 Å². The lowest BCUT2D eigenvalue weighted by Crippen LogP contribution is -2.31. The number of aromatic nitrogens is 1. The lowest BCUT2D eigenvalue weighted by Gasteiger charge is -2.14. The molecule has 0 bridgehead atoms. The first kappa shape index (κ1) is 17.7. The Morgan fingerprint density at radius 1 is 1.12 bits per heavy atom. The monoisotopic (exact) mass is 370 g/mol. The molecule has 26 heavy (non-hydrogen) atoms. The minimum Gasteiger partial charge on any atom is -0.374 e. The van der Waals surface area contributed by atoms with E-state index in [-0.39, 0.29) is 11.8 Å². The molecule has 8 heteroatoms. The second-order valence-corrected chi connectivity index (χ2v) is 6.64. The zero-order valence-electron chi connectivity index (χ0n) is 14.3. The van der Waals surface area contributed by atoms with E-state index in [1.807, 2.05) is 11.4 Å². The smallest absolute Gasteiger partial charge is 0.265 e. The Morgan fingerprint density at radius 3 is 2.46 bits per heavy atom. The molecule has 0 saturated carbocycles. The van der Waals surface area contributed by atoms with Gasteiger partial charge in [-0.1, -0.05) is 11.2 Å². The number of nitrogens with zero attached hydrogens (tertiary/aromatic N) is 1. The summed E-state index contributed by atoms with van der Waals surface area (Å²) in [7, 11) is 0. The van der Waals surface area contributed by atoms with Gasteiger partial charge in [0.05, 0.1) is 10.6 Å². The van der Waals surface area contributed by atoms with Crippen LogP contribution >= 0.6 is 11.3 Å². The van der Waals surface area contributed by atoms with E-state index in [1.54, 1.807) is 50.2 Å². The molecule has 1 atom stereocenters. The van der Waals surface area contributed by atoms with E-state index in [1.165, 1.54) is 11.3 Å². The molecule has 1 aromatic carbocycles. The normalized spacial score (nSPS) is 11.6. The fourth-order valence-corrected chi connectivity index (χ4v) is 2.84. The fraction of sp³-hybridized carbons (Fsp3) is 0.167. The van der Waals surface area contributed by atoms with E-state index in [0.717, 1.165) is 5.69 Å². The predicted molar refractivity (Wildman–Crippen MR) is 102 cm³/mol. The van der Waals surface area contributed by atoms with E-state index < -0.39 is 6.04 Å². The topological polar surface area (TPSA) is 96.3 Å². The molecule has 3 rings (SSSR count). The summed E-state index contributed by atoms with van der Waals surface area (Å²) in [5.41, 5.74) is 2.14. The zero-order valence-corrected chi connectivity index (χ0v) is 15.1. The molecule has 2 amide bonds. The summed E-state index contributed by atoms with van der Waals surface area (Å²) in [5.74, 6) is -0.0696. The van der Waals surface area contributed by atoms with Crippen LogP contribution in [0.15, 0.2) is 52.4 Å². The number of nitrogens with one attached hydrogen (secondary N) is 3. The van der Waals surface area contributed by atoms with E-state index in [9.17, 15) is 9.59 Å². The molecule has 3 aromatic rings. The van der Waals surface area contributed by atoms with Crippen LogP contribution in [0.4, 0.5) is 17.3 Å². The van der Waals surface area contributed by atoms with Gasteiger partial charge in [0.25, 0.3) is 5.91 Å². The standard InChI is InChI=1S/C18H18N4O3S/c1-11-10-16(25-22-11)21-17(23)12(2)19-13-5-7-14(8-6-13)20-18(24)15-4-3-9-26-15/h3-10,12,19H,1-2H3,(H,20,24)(H,21,23). The minimum atomic E-state index is -0.480. The van der Waals surface area contributed by atoms with Crippen molar-refractivity contribution in [3.05, 3.63) is 58.4 Å². The summed E-state index contributed by atoms with van der Waals surface area (Å²) in [5, 5.41) is 14.1. The van der Waals surface area contributed by atoms with Crippen molar-refractivity contribution in [1.82, 2.24) is 5.16 Å². The van der Waals surface area contributed by atoms with Gasteiger partial charge in [-0.15, -0.1) is 11.3 Å². The summed E-state index contributed by atoms with van der Waals surface area (Å²) in [6.45, 7) is 3.52. The Balaban J connectivity index is 1.54. The number of thiophene rings is 1. The van der Waals surface area contributed by atoms with Crippen LogP contribution < -0.4 is 16.0 Å². The highest BCUT2D eigenvalue weighted by atomic mass is 32.1. The average Bonchev–Trinajstić information content (AvgIpc) is 3.28. The third kappa shape index (κ3) is 4.48. The molecule has 7 nitrogen and oxygen atoms in total. The Morgan fingerprint density at radius 2 is 1.85 bits per heavy atom. The van der Waals surface area contributed by atoms with Crippen LogP contribution in [0.25, 0.3) is 0 Å². The van der Waals surface area contributed by atoms with Gasteiger partial charge in [0.2, 0.25) is 11.8 Å². The van der Waals surface area contributed by atoms with Crippen LogP contribution in [0.3, 0.4) is 0 Å². The first-order valence-electron chi connectivity index (χ1n) is 7.97. The number of rotatable bonds is 6. The van der Waals surface area contributed by atoms with Crippen molar-refractivity contribution in [2.24, 2.45) is 0 Å². The van der Waals surface area contributed by atoms with Gasteiger partial charge in [0.1, 0.15) is 6.04 Å². The maximum atomic E-state index is 12.2. The van der Waals surface area contributed by atoms with Gasteiger partial charge >= 0.3 is 0 Å². The van der Waals surface area contributed by atoms with Crippen molar-refractivity contribution in [2.45, 2.75) is 19.9 Å². The lowest BCUT2D eigenvalue weighted by molar-refractivity contribution is -0.116. The maximum absolute atomic E-state index is 12.2. The minimum absolute atomic E-state index is 0.143. The highest BCUT2D eigenvalue weighted by molar-refractivity contribution is 7.12. The van der Waals surface area contributed by atoms with Crippen LogP contribution in [0, 0.1) is 6.92 Å². The molecule has 0 fully saturated rings. The van der Waals surface area contributed by atoms with Crippen LogP contribution in [-0.4, -0.2) is 23.0 Å². The number of aryl methyl sites for hydroxylation is 1. The highest BCUT2D eigenvalue weighted by Gasteiger charge is 2.15. The molecule has 0 saturated heterocycles. The largest absolute Gasteiger partial charge is 0.374 e. The summed E-state index contributed by atoms with van der Waals surface area (Å²) in [4.78, 5) is 24.8. The molecule has 0 aliphatic carbocycles. The number of carbonyl (C=O) groups is 2. The Hall–Kier alpha value is -3.13. The quantitative estimate of drug-likeness (QED) is 0.614. The summed E-state index contributed by atoms with van der Waals surface area (Å²) < 4.78 is 4.97. The highest BCUT2D eigenvalue weighted by Crippen LogP contribution is 2.17. The van der Waals surface area contributed by atoms with Gasteiger partial charge in [-0.3, -0.25) is 14.9 Å². The van der Waals surface area contributed by atoms with Crippen molar-refractivity contribution in [2.75, 3.05) is 16.0 Å². The maximum Gasteiger partial charge on any atom is 0.265 e. The van der Waals surface area contributed by atoms with Gasteiger partial charge < -0.3 is 15.2 Å². The Kier molecular flexibility index (Phi) is 5.33. The molecule has 134 valence electrons. The number of anilines is 3. The summed E-state index contributed by atoms with van der Waals surface area (Å²) in [6.07, 6.45) is 0. The first-order valence-corrected chi connectivity index (χ1v) is 8.85. The van der Waals surface area contributed by atoms with Gasteiger partial charge in [-0.05, 0) is 49.6 Å². The SMILES string of the molecule is Cc1cc(NC(=O)C(C)Nc2ccc(NC(=O)c3cccs3)cc2)on1. The van der Waals surface area contributed by atoms with Crippen molar-refractivity contribution < 1.29 is 14.1 Å². The molecule has 0 aliphatic rings. The molecule has 2 aromatic heterocycles. The molecule has 3 N–H and O–H groups in total. The van der Waals surface area contributed by atoms with Crippen LogP contribution in [0.1, 0.15) is 22.3 Å². The van der Waals surface area contributed by atoms with Gasteiger partial charge in [-0.25, -0.2) is 0 Å². The second kappa shape index (κ2) is 7.83. The van der Waals surface area contributed by atoms with Crippen molar-refractivity contribution >= 4 is 40.4 Å². The third-order valence-corrected chi connectivity index (χ3v) is 4.41. The Labute approximate surface area is 154 Å². The van der Waals surface area contributed by atoms with E-state index >= 15 is 0 Å². The molecule has 0 aliphatic heterocycles. The zero-order chi connectivity index (χ0) is 18.5. The number of carbonyl (C=O) groups excluding carboxylic acids is 2. The Bertz CT molecular complexity index is 888. The molecule has 0 spiro atoms. The summed E-state index contributed by atoms with van der Waals surface area (Å²) >= 11 is 1.39. The number of hydrogen-bond acceptors (Lipinski definition) is 6. The molecule has 0 radical (unpaired) electrons. The van der Waals surface area contributed by atoms with Crippen LogP contribution in [0.5, 0.6) is 0 Å². The first-order chi connectivity index (χ1) is 12.5. The van der Waals surface area contributed by atoms with Crippen LogP contribution in [0.2, 0.25) is 0 Å². The van der Waals surface area contributed by atoms with E-state index in [2.05, 4.69) is 21.1 Å². The number of amides is 2. The van der Waals surface area contributed by atoms with E-state index in [0.29, 0.717) is 22.1 Å². The molecular formula is C18H18N4O3S. The van der Waals surface area contributed by atoms with Crippen molar-refractivity contribution in [1.29, 1.82) is 0 Å². The molecule has 2 heterocycles. The molecular weight excluding hydrogens is 352 g/mol. The predicted octanol–water partition coefficient (Wildman–Crippen LogP) is 3.74. The fourth-order valence-electron chi connectivity index (χ4n) is 2.22. The summed E-state index contributed by atoms with van der Waals surface area (Å²) in [6, 6.07) is 11.9. The van der Waals surface area contributed by atoms with Gasteiger partial charge in [0, 0.05) is 17.4 Å². The number of benzene rings is 1. The second-order valence-electron chi connectivity index (χ2n) is 5.70. The third-order valence-electron chi connectivity index (χ3n) is 3.54. The van der Waals surface area contributed by atoms with Gasteiger partial charge in [0.15, 0.2) is 0 Å². The molecule has 1 unspecified atom stereocenters. The lowest BCUT2D eigenvalue weighted by atomic mass is 10.2. The van der Waals surface area contributed by atoms with Crippen molar-refractivity contribution in [3.8, 4) is 0 Å². The van der Waals surface area contributed by atoms with E-state index in [4.69, 9.17) is 4.52 Å².